The normalized spacial score (nSPS) is 12.8. The van der Waals surface area contributed by atoms with E-state index in [4.69, 9.17) is 4.74 Å². The van der Waals surface area contributed by atoms with Gasteiger partial charge < -0.3 is 10.1 Å². The van der Waals surface area contributed by atoms with Gasteiger partial charge in [-0.2, -0.15) is 0 Å². The molecule has 1 N–H and O–H groups in total. The number of anilines is 1. The molecule has 1 heterocycles. The van der Waals surface area contributed by atoms with Crippen LogP contribution in [0.5, 0.6) is 0 Å². The topological polar surface area (TPSA) is 47.0 Å². The van der Waals surface area contributed by atoms with Gasteiger partial charge >= 0.3 is 0 Å². The summed E-state index contributed by atoms with van der Waals surface area (Å²) in [6.07, 6.45) is 0.969. The molecule has 1 aromatic heterocycles. The summed E-state index contributed by atoms with van der Waals surface area (Å²) in [5.74, 6) is 2.15. The Morgan fingerprint density at radius 2 is 2.00 bits per heavy atom. The molecule has 0 spiro atoms. The van der Waals surface area contributed by atoms with E-state index in [1.165, 1.54) is 0 Å². The van der Waals surface area contributed by atoms with Crippen LogP contribution in [0.15, 0.2) is 6.07 Å². The highest BCUT2D eigenvalue weighted by Crippen LogP contribution is 2.14. The molecule has 0 radical (unpaired) electrons. The van der Waals surface area contributed by atoms with Gasteiger partial charge in [-0.05, 0) is 20.3 Å². The molecule has 0 amide bonds. The number of aryl methyl sites for hydroxylation is 1. The first-order valence-corrected chi connectivity index (χ1v) is 6.14. The lowest BCUT2D eigenvalue weighted by atomic mass is 10.2. The van der Waals surface area contributed by atoms with Crippen molar-refractivity contribution in [3.05, 3.63) is 17.6 Å². The summed E-state index contributed by atoms with van der Waals surface area (Å²) in [6.45, 7) is 9.10. The predicted molar refractivity (Wildman–Crippen MR) is 70.4 cm³/mol. The highest BCUT2D eigenvalue weighted by atomic mass is 16.5. The van der Waals surface area contributed by atoms with Gasteiger partial charge in [0.2, 0.25) is 0 Å². The van der Waals surface area contributed by atoms with Gasteiger partial charge in [0.15, 0.2) is 0 Å². The number of methoxy groups -OCH3 is 1. The van der Waals surface area contributed by atoms with Gasteiger partial charge in [0, 0.05) is 37.4 Å². The quantitative estimate of drug-likeness (QED) is 0.826. The first kappa shape index (κ1) is 13.9. The highest BCUT2D eigenvalue weighted by molar-refractivity contribution is 5.37. The number of aromatic nitrogens is 2. The smallest absolute Gasteiger partial charge is 0.133 e. The maximum atomic E-state index is 5.06. The Balaban J connectivity index is 2.70. The summed E-state index contributed by atoms with van der Waals surface area (Å²) < 4.78 is 5.06. The molecule has 1 aromatic rings. The van der Waals surface area contributed by atoms with E-state index in [-0.39, 0.29) is 0 Å². The summed E-state index contributed by atoms with van der Waals surface area (Å²) in [7, 11) is 1.72. The van der Waals surface area contributed by atoms with E-state index >= 15 is 0 Å². The Kier molecular flexibility index (Phi) is 5.35. The minimum Gasteiger partial charge on any atom is -0.385 e. The largest absolute Gasteiger partial charge is 0.385 e. The molecule has 96 valence electrons. The van der Waals surface area contributed by atoms with Crippen molar-refractivity contribution in [3.63, 3.8) is 0 Å². The van der Waals surface area contributed by atoms with Crippen molar-refractivity contribution in [2.75, 3.05) is 19.0 Å². The van der Waals surface area contributed by atoms with E-state index in [1.807, 2.05) is 13.0 Å². The third-order valence-corrected chi connectivity index (χ3v) is 2.54. The van der Waals surface area contributed by atoms with Gasteiger partial charge in [0.25, 0.3) is 0 Å². The van der Waals surface area contributed by atoms with Gasteiger partial charge in [0.1, 0.15) is 11.6 Å². The summed E-state index contributed by atoms with van der Waals surface area (Å²) in [4.78, 5) is 8.95. The number of hydrogen-bond donors (Lipinski definition) is 1. The summed E-state index contributed by atoms with van der Waals surface area (Å²) in [6, 6.07) is 2.33. The number of rotatable bonds is 6. The minimum atomic E-state index is 0.351. The van der Waals surface area contributed by atoms with Crippen molar-refractivity contribution in [1.82, 2.24) is 9.97 Å². The van der Waals surface area contributed by atoms with Crippen molar-refractivity contribution in [2.24, 2.45) is 0 Å². The Labute approximate surface area is 104 Å². The molecule has 0 saturated carbocycles. The lowest BCUT2D eigenvalue weighted by Gasteiger charge is -2.15. The Morgan fingerprint density at radius 3 is 2.59 bits per heavy atom. The molecule has 1 rings (SSSR count). The maximum Gasteiger partial charge on any atom is 0.133 e. The van der Waals surface area contributed by atoms with Gasteiger partial charge in [-0.1, -0.05) is 13.8 Å². The van der Waals surface area contributed by atoms with Crippen LogP contribution in [-0.2, 0) is 4.74 Å². The first-order valence-electron chi connectivity index (χ1n) is 6.14. The summed E-state index contributed by atoms with van der Waals surface area (Å²) >= 11 is 0. The van der Waals surface area contributed by atoms with Crippen LogP contribution in [-0.4, -0.2) is 29.7 Å². The molecule has 4 heteroatoms. The van der Waals surface area contributed by atoms with E-state index in [0.717, 1.165) is 30.4 Å². The van der Waals surface area contributed by atoms with Crippen molar-refractivity contribution in [3.8, 4) is 0 Å². The average molecular weight is 237 g/mol. The van der Waals surface area contributed by atoms with Crippen LogP contribution in [0.1, 0.15) is 44.6 Å². The fourth-order valence-corrected chi connectivity index (χ4v) is 1.54. The molecule has 0 aliphatic heterocycles. The van der Waals surface area contributed by atoms with Crippen LogP contribution in [0, 0.1) is 6.92 Å². The van der Waals surface area contributed by atoms with Crippen LogP contribution >= 0.6 is 0 Å². The second kappa shape index (κ2) is 6.55. The SMILES string of the molecule is COCCC(C)Nc1cc(C)nc(C(C)C)n1. The number of hydrogen-bond acceptors (Lipinski definition) is 4. The molecule has 0 aliphatic rings. The van der Waals surface area contributed by atoms with Gasteiger partial charge in [-0.25, -0.2) is 9.97 Å². The predicted octanol–water partition coefficient (Wildman–Crippen LogP) is 2.75. The monoisotopic (exact) mass is 237 g/mol. The van der Waals surface area contributed by atoms with Crippen molar-refractivity contribution >= 4 is 5.82 Å². The standard InChI is InChI=1S/C13H23N3O/c1-9(2)13-15-11(4)8-12(16-13)14-10(3)6-7-17-5/h8-10H,6-7H2,1-5H3,(H,14,15,16). The molecule has 0 aliphatic carbocycles. The van der Waals surface area contributed by atoms with Crippen LogP contribution < -0.4 is 5.32 Å². The van der Waals surface area contributed by atoms with E-state index in [9.17, 15) is 0 Å². The zero-order valence-electron chi connectivity index (χ0n) is 11.4. The van der Waals surface area contributed by atoms with E-state index in [1.54, 1.807) is 7.11 Å². The molecule has 0 aromatic carbocycles. The summed E-state index contributed by atoms with van der Waals surface area (Å²) in [5, 5.41) is 3.38. The highest BCUT2D eigenvalue weighted by Gasteiger charge is 2.08. The second-order valence-corrected chi connectivity index (χ2v) is 4.73. The Hall–Kier alpha value is -1.16. The third-order valence-electron chi connectivity index (χ3n) is 2.54. The van der Waals surface area contributed by atoms with Crippen LogP contribution in [0.3, 0.4) is 0 Å². The zero-order chi connectivity index (χ0) is 12.8. The van der Waals surface area contributed by atoms with Gasteiger partial charge in [-0.3, -0.25) is 0 Å². The first-order chi connectivity index (χ1) is 8.02. The Bertz CT molecular complexity index is 353. The third kappa shape index (κ3) is 4.69. The van der Waals surface area contributed by atoms with E-state index in [0.29, 0.717) is 12.0 Å². The fourth-order valence-electron chi connectivity index (χ4n) is 1.54. The molecule has 1 unspecified atom stereocenters. The maximum absolute atomic E-state index is 5.06. The summed E-state index contributed by atoms with van der Waals surface area (Å²) in [5.41, 5.74) is 1.00. The lowest BCUT2D eigenvalue weighted by Crippen LogP contribution is -2.19. The fraction of sp³-hybridized carbons (Fsp3) is 0.692. The number of ether oxygens (including phenoxy) is 1. The molecular formula is C13H23N3O. The van der Waals surface area contributed by atoms with Crippen molar-refractivity contribution in [2.45, 2.75) is 46.1 Å². The number of nitrogens with zero attached hydrogens (tertiary/aromatic N) is 2. The van der Waals surface area contributed by atoms with Crippen molar-refractivity contribution < 1.29 is 4.74 Å². The minimum absolute atomic E-state index is 0.351. The Morgan fingerprint density at radius 1 is 1.29 bits per heavy atom. The van der Waals surface area contributed by atoms with Gasteiger partial charge in [0.05, 0.1) is 0 Å². The average Bonchev–Trinajstić information content (AvgIpc) is 2.25. The van der Waals surface area contributed by atoms with Crippen LogP contribution in [0.25, 0.3) is 0 Å². The zero-order valence-corrected chi connectivity index (χ0v) is 11.4. The molecule has 0 bridgehead atoms. The lowest BCUT2D eigenvalue weighted by molar-refractivity contribution is 0.191. The van der Waals surface area contributed by atoms with Crippen LogP contribution in [0.4, 0.5) is 5.82 Å². The second-order valence-electron chi connectivity index (χ2n) is 4.73. The molecule has 0 fully saturated rings. The molecule has 17 heavy (non-hydrogen) atoms. The molecular weight excluding hydrogens is 214 g/mol. The van der Waals surface area contributed by atoms with Crippen molar-refractivity contribution in [1.29, 1.82) is 0 Å². The molecule has 1 atom stereocenters. The van der Waals surface area contributed by atoms with E-state index in [2.05, 4.69) is 36.1 Å². The molecule has 4 nitrogen and oxygen atoms in total. The van der Waals surface area contributed by atoms with Crippen LogP contribution in [0.2, 0.25) is 0 Å². The molecule has 0 saturated heterocycles. The van der Waals surface area contributed by atoms with E-state index < -0.39 is 0 Å². The number of nitrogens with one attached hydrogen (secondary N) is 1. The van der Waals surface area contributed by atoms with Gasteiger partial charge in [-0.15, -0.1) is 0 Å².